The first-order chi connectivity index (χ1) is 14.0. The van der Waals surface area contributed by atoms with Crippen molar-refractivity contribution >= 4 is 17.1 Å². The number of amides is 1. The third-order valence-corrected chi connectivity index (χ3v) is 4.58. The first-order valence-electron chi connectivity index (χ1n) is 9.11. The number of imidazole rings is 1. The summed E-state index contributed by atoms with van der Waals surface area (Å²) in [5, 5.41) is 12.1. The summed E-state index contributed by atoms with van der Waals surface area (Å²) < 4.78 is 1.41. The number of aromatic hydroxyl groups is 1. The molecule has 0 unspecified atom stereocenters. The van der Waals surface area contributed by atoms with Crippen molar-refractivity contribution in [3.05, 3.63) is 76.3 Å². The molecule has 4 rings (SSSR count). The lowest BCUT2D eigenvalue weighted by Gasteiger charge is -2.08. The number of aromatic amines is 1. The molecule has 0 bridgehead atoms. The first-order valence-corrected chi connectivity index (χ1v) is 9.11. The number of rotatable bonds is 5. The Kier molecular flexibility index (Phi) is 4.82. The van der Waals surface area contributed by atoms with Crippen molar-refractivity contribution in [2.24, 2.45) is 0 Å². The molecule has 0 radical (unpaired) electrons. The number of carbonyl (C=O) groups is 1. The fourth-order valence-electron chi connectivity index (χ4n) is 3.02. The molecule has 0 atom stereocenters. The summed E-state index contributed by atoms with van der Waals surface area (Å²) in [4.78, 5) is 36.4. The van der Waals surface area contributed by atoms with Crippen LogP contribution in [0.15, 0.2) is 59.7 Å². The molecule has 4 aromatic rings. The number of pyridine rings is 2. The van der Waals surface area contributed by atoms with Crippen LogP contribution >= 0.6 is 0 Å². The molecule has 0 aliphatic heterocycles. The lowest BCUT2D eigenvalue weighted by molar-refractivity contribution is 0.0953. The highest BCUT2D eigenvalue weighted by molar-refractivity contribution is 6.04. The molecular weight excluding hydrogens is 370 g/mol. The number of fused-ring (bicyclic) bond motifs is 1. The number of benzene rings is 1. The topological polar surface area (TPSA) is 113 Å². The Morgan fingerprint density at radius 2 is 2.00 bits per heavy atom. The quantitative estimate of drug-likeness (QED) is 0.484. The fourth-order valence-corrected chi connectivity index (χ4v) is 3.02. The number of nitrogens with one attached hydrogen (secondary N) is 2. The van der Waals surface area contributed by atoms with E-state index < -0.39 is 0 Å². The van der Waals surface area contributed by atoms with Crippen LogP contribution in [0, 0.1) is 6.92 Å². The molecule has 1 amide bonds. The van der Waals surface area contributed by atoms with Crippen molar-refractivity contribution < 1.29 is 9.90 Å². The van der Waals surface area contributed by atoms with Gasteiger partial charge in [-0.3, -0.25) is 9.59 Å². The van der Waals surface area contributed by atoms with Crippen LogP contribution in [0.1, 0.15) is 15.9 Å². The number of hydrogen-bond acceptors (Lipinski definition) is 5. The number of aryl methyl sites for hydroxylation is 1. The summed E-state index contributed by atoms with van der Waals surface area (Å²) in [6.45, 7) is 2.56. The number of H-pyrrole nitrogens is 1. The molecule has 0 fully saturated rings. The Morgan fingerprint density at radius 1 is 1.21 bits per heavy atom. The van der Waals surface area contributed by atoms with Gasteiger partial charge in [0, 0.05) is 37.1 Å². The maximum absolute atomic E-state index is 12.7. The molecular formula is C21H19N5O3. The maximum Gasteiger partial charge on any atom is 0.254 e. The summed E-state index contributed by atoms with van der Waals surface area (Å²) in [6.07, 6.45) is 3.03. The molecule has 3 heterocycles. The summed E-state index contributed by atoms with van der Waals surface area (Å²) in [7, 11) is 0. The number of carbonyl (C=O) groups excluding carboxylic acids is 1. The van der Waals surface area contributed by atoms with Crippen molar-refractivity contribution in [2.75, 3.05) is 6.54 Å². The molecule has 0 saturated heterocycles. The smallest absolute Gasteiger partial charge is 0.254 e. The molecule has 8 heteroatoms. The Bertz CT molecular complexity index is 1240. The minimum absolute atomic E-state index is 0.0851. The van der Waals surface area contributed by atoms with Gasteiger partial charge < -0.3 is 20.0 Å². The summed E-state index contributed by atoms with van der Waals surface area (Å²) in [6, 6.07) is 12.1. The van der Waals surface area contributed by atoms with Gasteiger partial charge in [0.1, 0.15) is 11.6 Å². The van der Waals surface area contributed by atoms with Crippen LogP contribution in [0.25, 0.3) is 22.6 Å². The first kappa shape index (κ1) is 18.4. The van der Waals surface area contributed by atoms with Crippen molar-refractivity contribution in [1.29, 1.82) is 0 Å². The second-order valence-corrected chi connectivity index (χ2v) is 6.68. The van der Waals surface area contributed by atoms with E-state index in [4.69, 9.17) is 0 Å². The van der Waals surface area contributed by atoms with Crippen LogP contribution in [0.2, 0.25) is 0 Å². The van der Waals surface area contributed by atoms with Gasteiger partial charge in [-0.1, -0.05) is 29.8 Å². The van der Waals surface area contributed by atoms with Gasteiger partial charge in [-0.2, -0.15) is 0 Å². The van der Waals surface area contributed by atoms with Crippen LogP contribution in [-0.2, 0) is 6.54 Å². The van der Waals surface area contributed by atoms with Crippen molar-refractivity contribution in [2.45, 2.75) is 13.5 Å². The van der Waals surface area contributed by atoms with Gasteiger partial charge in [0.2, 0.25) is 0 Å². The molecule has 3 N–H and O–H groups in total. The largest absolute Gasteiger partial charge is 0.508 e. The van der Waals surface area contributed by atoms with E-state index in [1.807, 2.05) is 31.2 Å². The van der Waals surface area contributed by atoms with Gasteiger partial charge in [-0.05, 0) is 19.1 Å². The van der Waals surface area contributed by atoms with Crippen LogP contribution in [0.3, 0.4) is 0 Å². The lowest BCUT2D eigenvalue weighted by atomic mass is 10.1. The molecule has 3 aromatic heterocycles. The molecule has 146 valence electrons. The van der Waals surface area contributed by atoms with Crippen molar-refractivity contribution in [1.82, 2.24) is 24.8 Å². The van der Waals surface area contributed by atoms with E-state index >= 15 is 0 Å². The van der Waals surface area contributed by atoms with Gasteiger partial charge in [0.05, 0.1) is 11.1 Å². The SMILES string of the molecule is Cc1ccc(-c2nc3nccc(C(=O)NCCn4ccc(O)cc4=O)c3[nH]2)cc1. The highest BCUT2D eigenvalue weighted by Gasteiger charge is 2.15. The second kappa shape index (κ2) is 7.59. The summed E-state index contributed by atoms with van der Waals surface area (Å²) in [5.41, 5.74) is 3.17. The Balaban J connectivity index is 1.53. The Morgan fingerprint density at radius 3 is 2.76 bits per heavy atom. The monoisotopic (exact) mass is 389 g/mol. The lowest BCUT2D eigenvalue weighted by Crippen LogP contribution is -2.30. The zero-order valence-electron chi connectivity index (χ0n) is 15.7. The van der Waals surface area contributed by atoms with E-state index in [1.165, 1.54) is 16.8 Å². The van der Waals surface area contributed by atoms with E-state index in [2.05, 4.69) is 20.3 Å². The minimum atomic E-state index is -0.332. The zero-order chi connectivity index (χ0) is 20.4. The van der Waals surface area contributed by atoms with E-state index in [0.717, 1.165) is 17.2 Å². The number of nitrogens with zero attached hydrogens (tertiary/aromatic N) is 3. The average molecular weight is 389 g/mol. The molecule has 0 saturated carbocycles. The minimum Gasteiger partial charge on any atom is -0.508 e. The van der Waals surface area contributed by atoms with Crippen LogP contribution in [0.5, 0.6) is 5.75 Å². The normalized spacial score (nSPS) is 10.9. The van der Waals surface area contributed by atoms with Gasteiger partial charge >= 0.3 is 0 Å². The second-order valence-electron chi connectivity index (χ2n) is 6.68. The maximum atomic E-state index is 12.7. The van der Waals surface area contributed by atoms with Crippen LogP contribution in [0.4, 0.5) is 0 Å². The molecule has 8 nitrogen and oxygen atoms in total. The predicted molar refractivity (Wildman–Crippen MR) is 109 cm³/mol. The van der Waals surface area contributed by atoms with E-state index in [0.29, 0.717) is 22.6 Å². The van der Waals surface area contributed by atoms with E-state index in [9.17, 15) is 14.7 Å². The van der Waals surface area contributed by atoms with Crippen molar-refractivity contribution in [3.8, 4) is 17.1 Å². The third kappa shape index (κ3) is 3.86. The molecule has 0 aliphatic rings. The van der Waals surface area contributed by atoms with Gasteiger partial charge in [0.25, 0.3) is 11.5 Å². The highest BCUT2D eigenvalue weighted by Crippen LogP contribution is 2.22. The summed E-state index contributed by atoms with van der Waals surface area (Å²) in [5.74, 6) is 0.268. The average Bonchev–Trinajstić information content (AvgIpc) is 3.14. The van der Waals surface area contributed by atoms with E-state index in [-0.39, 0.29) is 30.3 Å². The van der Waals surface area contributed by atoms with E-state index in [1.54, 1.807) is 12.3 Å². The number of hydrogen-bond donors (Lipinski definition) is 3. The van der Waals surface area contributed by atoms with Gasteiger partial charge in [-0.15, -0.1) is 0 Å². The molecule has 0 aliphatic carbocycles. The predicted octanol–water partition coefficient (Wildman–Crippen LogP) is 2.23. The molecule has 1 aromatic carbocycles. The van der Waals surface area contributed by atoms with Crippen LogP contribution < -0.4 is 10.9 Å². The highest BCUT2D eigenvalue weighted by atomic mass is 16.3. The zero-order valence-corrected chi connectivity index (χ0v) is 15.7. The van der Waals surface area contributed by atoms with Crippen LogP contribution in [-0.4, -0.2) is 37.1 Å². The van der Waals surface area contributed by atoms with Gasteiger partial charge in [-0.25, -0.2) is 9.97 Å². The molecule has 0 spiro atoms. The third-order valence-electron chi connectivity index (χ3n) is 4.58. The van der Waals surface area contributed by atoms with Gasteiger partial charge in [0.15, 0.2) is 5.65 Å². The summed E-state index contributed by atoms with van der Waals surface area (Å²) >= 11 is 0. The fraction of sp³-hybridized carbons (Fsp3) is 0.143. The molecule has 29 heavy (non-hydrogen) atoms. The Hall–Kier alpha value is -3.94. The standard InChI is InChI=1S/C21H19N5O3/c1-13-2-4-14(5-3-13)19-24-18-16(6-8-22-20(18)25-19)21(29)23-9-11-26-10-7-15(27)12-17(26)28/h2-8,10,12,27H,9,11H2,1H3,(H,23,29)(H,22,24,25). The van der Waals surface area contributed by atoms with Crippen molar-refractivity contribution in [3.63, 3.8) is 0 Å². The number of aromatic nitrogens is 4. The Labute approximate surface area is 165 Å².